The molecule has 26 heavy (non-hydrogen) atoms. The van der Waals surface area contributed by atoms with Gasteiger partial charge in [-0.3, -0.25) is 0 Å². The first kappa shape index (κ1) is 16.3. The third-order valence-corrected chi connectivity index (χ3v) is 4.37. The molecule has 0 amide bonds. The Morgan fingerprint density at radius 3 is 2.62 bits per heavy atom. The third kappa shape index (κ3) is 2.93. The number of pyridine rings is 1. The zero-order valence-electron chi connectivity index (χ0n) is 13.9. The molecule has 0 saturated carbocycles. The van der Waals surface area contributed by atoms with Gasteiger partial charge in [-0.05, 0) is 36.4 Å². The number of esters is 1. The van der Waals surface area contributed by atoms with Crippen LogP contribution in [0, 0.1) is 0 Å². The molecule has 128 valence electrons. The Morgan fingerprint density at radius 1 is 1.12 bits per heavy atom. The average Bonchev–Trinajstić information content (AvgIpc) is 3.21. The van der Waals surface area contributed by atoms with Crippen molar-refractivity contribution in [1.82, 2.24) is 14.5 Å². The van der Waals surface area contributed by atoms with Gasteiger partial charge in [0.15, 0.2) is 0 Å². The Bertz CT molecular complexity index is 1090. The number of carbonyl (C=O) groups excluding carboxylic acids is 1. The van der Waals surface area contributed by atoms with E-state index in [4.69, 9.17) is 21.3 Å². The van der Waals surface area contributed by atoms with E-state index in [1.54, 1.807) is 24.7 Å². The van der Waals surface area contributed by atoms with Crippen molar-refractivity contribution < 1.29 is 9.53 Å². The Labute approximate surface area is 154 Å². The second-order valence-corrected chi connectivity index (χ2v) is 6.16. The standard InChI is InChI=1S/C20H14ClN3O2/c1-26-20(25)14-4-2-13(3-5-14)17-11-19(24-9-8-22-12-24)16-7-6-15(21)10-18(16)23-17/h2-12H,1H3. The van der Waals surface area contributed by atoms with Crippen LogP contribution in [-0.4, -0.2) is 27.6 Å². The monoisotopic (exact) mass is 363 g/mol. The highest BCUT2D eigenvalue weighted by atomic mass is 35.5. The first-order chi connectivity index (χ1) is 12.7. The summed E-state index contributed by atoms with van der Waals surface area (Å²) >= 11 is 6.16. The summed E-state index contributed by atoms with van der Waals surface area (Å²) in [5, 5.41) is 1.60. The zero-order valence-corrected chi connectivity index (χ0v) is 14.6. The lowest BCUT2D eigenvalue weighted by Crippen LogP contribution is -2.00. The van der Waals surface area contributed by atoms with Gasteiger partial charge in [0.25, 0.3) is 0 Å². The van der Waals surface area contributed by atoms with Gasteiger partial charge in [0.05, 0.1) is 35.9 Å². The SMILES string of the molecule is COC(=O)c1ccc(-c2cc(-n3ccnc3)c3ccc(Cl)cc3n2)cc1. The smallest absolute Gasteiger partial charge is 0.337 e. The summed E-state index contributed by atoms with van der Waals surface area (Å²) in [4.78, 5) is 20.5. The van der Waals surface area contributed by atoms with Crippen molar-refractivity contribution in [1.29, 1.82) is 0 Å². The van der Waals surface area contributed by atoms with E-state index < -0.39 is 0 Å². The number of hydrogen-bond acceptors (Lipinski definition) is 4. The summed E-state index contributed by atoms with van der Waals surface area (Å²) in [6.45, 7) is 0. The second-order valence-electron chi connectivity index (χ2n) is 5.73. The fraction of sp³-hybridized carbons (Fsp3) is 0.0500. The largest absolute Gasteiger partial charge is 0.465 e. The topological polar surface area (TPSA) is 57.0 Å². The Hall–Kier alpha value is -3.18. The molecule has 4 rings (SSSR count). The fourth-order valence-electron chi connectivity index (χ4n) is 2.84. The maximum atomic E-state index is 11.6. The van der Waals surface area contributed by atoms with E-state index in [0.717, 1.165) is 27.8 Å². The highest BCUT2D eigenvalue weighted by Crippen LogP contribution is 2.29. The highest BCUT2D eigenvalue weighted by molar-refractivity contribution is 6.31. The number of hydrogen-bond donors (Lipinski definition) is 0. The Kier molecular flexibility index (Phi) is 4.14. The van der Waals surface area contributed by atoms with Crippen molar-refractivity contribution in [2.24, 2.45) is 0 Å². The fourth-order valence-corrected chi connectivity index (χ4v) is 3.01. The lowest BCUT2D eigenvalue weighted by Gasteiger charge is -2.11. The minimum absolute atomic E-state index is 0.367. The number of halogens is 1. The van der Waals surface area contributed by atoms with Crippen LogP contribution in [0.3, 0.4) is 0 Å². The number of aromatic nitrogens is 3. The van der Waals surface area contributed by atoms with Gasteiger partial charge in [-0.2, -0.15) is 0 Å². The third-order valence-electron chi connectivity index (χ3n) is 4.13. The second kappa shape index (κ2) is 6.61. The van der Waals surface area contributed by atoms with Gasteiger partial charge < -0.3 is 9.30 Å². The molecule has 5 nitrogen and oxygen atoms in total. The maximum absolute atomic E-state index is 11.6. The molecule has 4 aromatic rings. The number of rotatable bonds is 3. The van der Waals surface area contributed by atoms with Gasteiger partial charge in [-0.15, -0.1) is 0 Å². The van der Waals surface area contributed by atoms with Crippen molar-refractivity contribution in [3.8, 4) is 16.9 Å². The number of carbonyl (C=O) groups is 1. The number of methoxy groups -OCH3 is 1. The molecule has 2 heterocycles. The van der Waals surface area contributed by atoms with Crippen LogP contribution in [0.1, 0.15) is 10.4 Å². The first-order valence-corrected chi connectivity index (χ1v) is 8.31. The van der Waals surface area contributed by atoms with Gasteiger partial charge in [-0.1, -0.05) is 23.7 Å². The van der Waals surface area contributed by atoms with Crippen molar-refractivity contribution >= 4 is 28.5 Å². The van der Waals surface area contributed by atoms with Crippen LogP contribution >= 0.6 is 11.6 Å². The lowest BCUT2D eigenvalue weighted by atomic mass is 10.1. The molecule has 0 aliphatic heterocycles. The molecule has 0 N–H and O–H groups in total. The Morgan fingerprint density at radius 2 is 1.92 bits per heavy atom. The van der Waals surface area contributed by atoms with E-state index in [0.29, 0.717) is 10.6 Å². The lowest BCUT2D eigenvalue weighted by molar-refractivity contribution is 0.0601. The summed E-state index contributed by atoms with van der Waals surface area (Å²) < 4.78 is 6.68. The quantitative estimate of drug-likeness (QED) is 0.502. The van der Waals surface area contributed by atoms with E-state index in [9.17, 15) is 4.79 Å². The van der Waals surface area contributed by atoms with Crippen molar-refractivity contribution in [2.75, 3.05) is 7.11 Å². The van der Waals surface area contributed by atoms with Crippen LogP contribution in [0.15, 0.2) is 67.3 Å². The maximum Gasteiger partial charge on any atom is 0.337 e. The van der Waals surface area contributed by atoms with Gasteiger partial charge >= 0.3 is 5.97 Å². The first-order valence-electron chi connectivity index (χ1n) is 7.93. The van der Waals surface area contributed by atoms with Crippen molar-refractivity contribution in [2.45, 2.75) is 0 Å². The molecule has 0 radical (unpaired) electrons. The summed E-state index contributed by atoms with van der Waals surface area (Å²) in [6.07, 6.45) is 5.36. The van der Waals surface area contributed by atoms with E-state index >= 15 is 0 Å². The number of ether oxygens (including phenoxy) is 1. The van der Waals surface area contributed by atoms with E-state index in [-0.39, 0.29) is 5.97 Å². The predicted molar refractivity (Wildman–Crippen MR) is 101 cm³/mol. The highest BCUT2D eigenvalue weighted by Gasteiger charge is 2.11. The van der Waals surface area contributed by atoms with Crippen molar-refractivity contribution in [3.05, 3.63) is 77.8 Å². The van der Waals surface area contributed by atoms with Crippen LogP contribution < -0.4 is 0 Å². The van der Waals surface area contributed by atoms with Crippen LogP contribution in [0.5, 0.6) is 0 Å². The zero-order chi connectivity index (χ0) is 18.1. The van der Waals surface area contributed by atoms with E-state index in [2.05, 4.69) is 4.98 Å². The van der Waals surface area contributed by atoms with E-state index in [1.165, 1.54) is 7.11 Å². The van der Waals surface area contributed by atoms with Crippen molar-refractivity contribution in [3.63, 3.8) is 0 Å². The van der Waals surface area contributed by atoms with Gasteiger partial charge in [0.1, 0.15) is 0 Å². The van der Waals surface area contributed by atoms with Crippen LogP contribution in [0.25, 0.3) is 27.8 Å². The van der Waals surface area contributed by atoms with Crippen LogP contribution in [0.2, 0.25) is 5.02 Å². The number of nitrogens with zero attached hydrogens (tertiary/aromatic N) is 3. The average molecular weight is 364 g/mol. The van der Waals surface area contributed by atoms with E-state index in [1.807, 2.05) is 47.2 Å². The summed E-state index contributed by atoms with van der Waals surface area (Å²) in [6, 6.07) is 14.8. The molecule has 0 aliphatic carbocycles. The molecular weight excluding hydrogens is 350 g/mol. The molecule has 0 bridgehead atoms. The van der Waals surface area contributed by atoms with Crippen LogP contribution in [0.4, 0.5) is 0 Å². The molecule has 6 heteroatoms. The molecule has 0 fully saturated rings. The molecule has 2 aromatic carbocycles. The molecule has 0 atom stereocenters. The normalized spacial score (nSPS) is 10.8. The molecule has 0 saturated heterocycles. The summed E-state index contributed by atoms with van der Waals surface area (Å²) in [7, 11) is 1.36. The predicted octanol–water partition coefficient (Wildman–Crippen LogP) is 4.53. The van der Waals surface area contributed by atoms with Gasteiger partial charge in [0, 0.05) is 28.4 Å². The summed E-state index contributed by atoms with van der Waals surface area (Å²) in [5.41, 5.74) is 3.91. The van der Waals surface area contributed by atoms with Gasteiger partial charge in [0.2, 0.25) is 0 Å². The number of fused-ring (bicyclic) bond motifs is 1. The number of benzene rings is 2. The minimum Gasteiger partial charge on any atom is -0.465 e. The van der Waals surface area contributed by atoms with Crippen LogP contribution in [-0.2, 0) is 4.74 Å². The molecule has 0 unspecified atom stereocenters. The summed E-state index contributed by atoms with van der Waals surface area (Å²) in [5.74, 6) is -0.367. The molecule has 2 aromatic heterocycles. The minimum atomic E-state index is -0.367. The Balaban J connectivity index is 1.89. The molecule has 0 aliphatic rings. The number of imidazole rings is 1. The van der Waals surface area contributed by atoms with Gasteiger partial charge in [-0.25, -0.2) is 14.8 Å². The molecule has 0 spiro atoms. The molecular formula is C20H14ClN3O2.